The van der Waals surface area contributed by atoms with Crippen LogP contribution in [0.3, 0.4) is 0 Å². The Balaban J connectivity index is 1.47. The molecule has 0 spiro atoms. The fourth-order valence-electron chi connectivity index (χ4n) is 3.45. The maximum absolute atomic E-state index is 12.1. The minimum atomic E-state index is 0.207. The van der Waals surface area contributed by atoms with Crippen LogP contribution in [0.1, 0.15) is 55.7 Å². The van der Waals surface area contributed by atoms with Gasteiger partial charge in [-0.15, -0.1) is 0 Å². The van der Waals surface area contributed by atoms with E-state index in [4.69, 9.17) is 0 Å². The van der Waals surface area contributed by atoms with Crippen molar-refractivity contribution in [1.29, 1.82) is 0 Å². The van der Waals surface area contributed by atoms with Crippen molar-refractivity contribution in [3.05, 3.63) is 35.4 Å². The zero-order chi connectivity index (χ0) is 13.8. The van der Waals surface area contributed by atoms with E-state index in [2.05, 4.69) is 34.9 Å². The van der Waals surface area contributed by atoms with Crippen LogP contribution < -0.4 is 10.6 Å². The van der Waals surface area contributed by atoms with Gasteiger partial charge < -0.3 is 10.6 Å². The molecule has 0 radical (unpaired) electrons. The van der Waals surface area contributed by atoms with Crippen molar-refractivity contribution in [3.63, 3.8) is 0 Å². The molecule has 1 aliphatic heterocycles. The second kappa shape index (κ2) is 6.40. The van der Waals surface area contributed by atoms with Crippen molar-refractivity contribution in [3.8, 4) is 0 Å². The van der Waals surface area contributed by atoms with E-state index in [9.17, 15) is 4.79 Å². The average molecular weight is 272 g/mol. The molecule has 1 aromatic rings. The minimum absolute atomic E-state index is 0.207. The third-order valence-corrected chi connectivity index (χ3v) is 4.60. The van der Waals surface area contributed by atoms with Crippen LogP contribution in [0.5, 0.6) is 0 Å². The molecule has 3 rings (SSSR count). The first-order valence-corrected chi connectivity index (χ1v) is 7.93. The van der Waals surface area contributed by atoms with Gasteiger partial charge in [0.05, 0.1) is 6.04 Å². The lowest BCUT2D eigenvalue weighted by Crippen LogP contribution is -2.35. The Bertz CT molecular complexity index is 466. The number of amides is 1. The highest BCUT2D eigenvalue weighted by atomic mass is 16.1. The molecular formula is C17H24N2O. The Morgan fingerprint density at radius 3 is 3.00 bits per heavy atom. The Hall–Kier alpha value is -1.35. The molecule has 2 N–H and O–H groups in total. The molecule has 1 aromatic carbocycles. The maximum atomic E-state index is 12.1. The number of benzene rings is 1. The van der Waals surface area contributed by atoms with E-state index in [1.54, 1.807) is 0 Å². The largest absolute Gasteiger partial charge is 0.349 e. The molecule has 3 nitrogen and oxygen atoms in total. The molecule has 1 heterocycles. The van der Waals surface area contributed by atoms with Gasteiger partial charge in [0.1, 0.15) is 0 Å². The van der Waals surface area contributed by atoms with E-state index in [-0.39, 0.29) is 11.9 Å². The van der Waals surface area contributed by atoms with Crippen LogP contribution in [0, 0.1) is 0 Å². The maximum Gasteiger partial charge on any atom is 0.220 e. The van der Waals surface area contributed by atoms with Crippen LogP contribution in [-0.4, -0.2) is 18.5 Å². The van der Waals surface area contributed by atoms with Gasteiger partial charge in [0, 0.05) is 12.5 Å². The van der Waals surface area contributed by atoms with E-state index in [0.29, 0.717) is 12.5 Å². The van der Waals surface area contributed by atoms with Gasteiger partial charge in [0.2, 0.25) is 5.91 Å². The van der Waals surface area contributed by atoms with Gasteiger partial charge in [-0.1, -0.05) is 30.7 Å². The number of nitrogens with one attached hydrogen (secondary N) is 2. The SMILES string of the molecule is O=C(CCC1CCCCN1)NC1CCc2ccccc21. The lowest BCUT2D eigenvalue weighted by Gasteiger charge is -2.23. The summed E-state index contributed by atoms with van der Waals surface area (Å²) in [6, 6.07) is 9.25. The highest BCUT2D eigenvalue weighted by molar-refractivity contribution is 5.76. The predicted octanol–water partition coefficient (Wildman–Crippen LogP) is 2.71. The molecule has 0 bridgehead atoms. The van der Waals surface area contributed by atoms with E-state index < -0.39 is 0 Å². The molecule has 108 valence electrons. The van der Waals surface area contributed by atoms with Crippen LogP contribution in [0.4, 0.5) is 0 Å². The number of hydrogen-bond donors (Lipinski definition) is 2. The van der Waals surface area contributed by atoms with Gasteiger partial charge in [0.25, 0.3) is 0 Å². The zero-order valence-electron chi connectivity index (χ0n) is 12.0. The topological polar surface area (TPSA) is 41.1 Å². The summed E-state index contributed by atoms with van der Waals surface area (Å²) in [4.78, 5) is 12.1. The second-order valence-corrected chi connectivity index (χ2v) is 6.04. The molecule has 3 heteroatoms. The molecular weight excluding hydrogens is 248 g/mol. The van der Waals surface area contributed by atoms with E-state index >= 15 is 0 Å². The van der Waals surface area contributed by atoms with Gasteiger partial charge in [-0.3, -0.25) is 4.79 Å². The molecule has 1 saturated heterocycles. The lowest BCUT2D eigenvalue weighted by molar-refractivity contribution is -0.122. The summed E-state index contributed by atoms with van der Waals surface area (Å²) in [6.07, 6.45) is 7.56. The molecule has 2 aliphatic rings. The van der Waals surface area contributed by atoms with Crippen LogP contribution in [0.25, 0.3) is 0 Å². The number of hydrogen-bond acceptors (Lipinski definition) is 2. The monoisotopic (exact) mass is 272 g/mol. The Morgan fingerprint density at radius 1 is 1.25 bits per heavy atom. The first kappa shape index (κ1) is 13.6. The van der Waals surface area contributed by atoms with Gasteiger partial charge in [-0.25, -0.2) is 0 Å². The first-order chi connectivity index (χ1) is 9.83. The van der Waals surface area contributed by atoms with E-state index in [0.717, 1.165) is 25.8 Å². The van der Waals surface area contributed by atoms with E-state index in [1.165, 1.54) is 30.4 Å². The summed E-state index contributed by atoms with van der Waals surface area (Å²) >= 11 is 0. The van der Waals surface area contributed by atoms with Crippen molar-refractivity contribution in [1.82, 2.24) is 10.6 Å². The molecule has 0 saturated carbocycles. The number of rotatable bonds is 4. The third kappa shape index (κ3) is 3.21. The molecule has 2 unspecified atom stereocenters. The van der Waals surface area contributed by atoms with Gasteiger partial charge in [-0.05, 0) is 49.8 Å². The van der Waals surface area contributed by atoms with Crippen molar-refractivity contribution in [2.45, 2.75) is 57.0 Å². The minimum Gasteiger partial charge on any atom is -0.349 e. The number of aryl methyl sites for hydroxylation is 1. The summed E-state index contributed by atoms with van der Waals surface area (Å²) in [5.41, 5.74) is 2.71. The van der Waals surface area contributed by atoms with Crippen molar-refractivity contribution in [2.24, 2.45) is 0 Å². The fraction of sp³-hybridized carbons (Fsp3) is 0.588. The predicted molar refractivity (Wildman–Crippen MR) is 80.5 cm³/mol. The van der Waals surface area contributed by atoms with Crippen LogP contribution in [0.2, 0.25) is 0 Å². The zero-order valence-corrected chi connectivity index (χ0v) is 12.0. The molecule has 0 aromatic heterocycles. The Kier molecular flexibility index (Phi) is 4.36. The third-order valence-electron chi connectivity index (χ3n) is 4.60. The van der Waals surface area contributed by atoms with Crippen molar-refractivity contribution >= 4 is 5.91 Å². The lowest BCUT2D eigenvalue weighted by atomic mass is 10.0. The van der Waals surface area contributed by atoms with Crippen LogP contribution in [-0.2, 0) is 11.2 Å². The first-order valence-electron chi connectivity index (χ1n) is 7.93. The van der Waals surface area contributed by atoms with Crippen LogP contribution >= 0.6 is 0 Å². The number of piperidine rings is 1. The fourth-order valence-corrected chi connectivity index (χ4v) is 3.45. The van der Waals surface area contributed by atoms with Gasteiger partial charge in [0.15, 0.2) is 0 Å². The quantitative estimate of drug-likeness (QED) is 0.885. The normalized spacial score (nSPS) is 25.2. The Morgan fingerprint density at radius 2 is 2.15 bits per heavy atom. The van der Waals surface area contributed by atoms with Gasteiger partial charge >= 0.3 is 0 Å². The molecule has 1 aliphatic carbocycles. The van der Waals surface area contributed by atoms with E-state index in [1.807, 2.05) is 0 Å². The summed E-state index contributed by atoms with van der Waals surface area (Å²) in [5, 5.41) is 6.71. The van der Waals surface area contributed by atoms with Gasteiger partial charge in [-0.2, -0.15) is 0 Å². The highest BCUT2D eigenvalue weighted by Gasteiger charge is 2.23. The van der Waals surface area contributed by atoms with Crippen molar-refractivity contribution < 1.29 is 4.79 Å². The summed E-state index contributed by atoms with van der Waals surface area (Å²) in [7, 11) is 0. The molecule has 1 fully saturated rings. The highest BCUT2D eigenvalue weighted by Crippen LogP contribution is 2.30. The summed E-state index contributed by atoms with van der Waals surface area (Å²) in [5.74, 6) is 0.207. The smallest absolute Gasteiger partial charge is 0.220 e. The van der Waals surface area contributed by atoms with Crippen LogP contribution in [0.15, 0.2) is 24.3 Å². The molecule has 2 atom stereocenters. The number of carbonyl (C=O) groups is 1. The number of carbonyl (C=O) groups excluding carboxylic acids is 1. The molecule has 20 heavy (non-hydrogen) atoms. The Labute approximate surface area is 121 Å². The number of fused-ring (bicyclic) bond motifs is 1. The summed E-state index contributed by atoms with van der Waals surface area (Å²) in [6.45, 7) is 1.11. The molecule has 1 amide bonds. The average Bonchev–Trinajstić information content (AvgIpc) is 2.90. The standard InChI is InChI=1S/C17H24N2O/c20-17(11-9-14-6-3-4-12-18-14)19-16-10-8-13-5-1-2-7-15(13)16/h1-2,5,7,14,16,18H,3-4,6,8-12H2,(H,19,20). The second-order valence-electron chi connectivity index (χ2n) is 6.04. The van der Waals surface area contributed by atoms with Crippen molar-refractivity contribution in [2.75, 3.05) is 6.54 Å². The summed E-state index contributed by atoms with van der Waals surface area (Å²) < 4.78 is 0.